The molecule has 0 aromatic rings. The zero-order valence-corrected chi connectivity index (χ0v) is 6.98. The van der Waals surface area contributed by atoms with Gasteiger partial charge in [-0.3, -0.25) is 0 Å². The van der Waals surface area contributed by atoms with Crippen molar-refractivity contribution in [3.05, 3.63) is 11.6 Å². The van der Waals surface area contributed by atoms with Crippen LogP contribution in [-0.4, -0.2) is 18.6 Å². The zero-order valence-electron chi connectivity index (χ0n) is 6.98. The summed E-state index contributed by atoms with van der Waals surface area (Å²) < 4.78 is 57.4. The van der Waals surface area contributed by atoms with Crippen LogP contribution in [-0.2, 0) is 9.47 Å². The Kier molecular flexibility index (Phi) is 2.51. The third-order valence-electron chi connectivity index (χ3n) is 1.52. The van der Waals surface area contributed by atoms with Gasteiger partial charge in [0.15, 0.2) is 12.0 Å². The van der Waals surface area contributed by atoms with Crippen molar-refractivity contribution in [1.29, 1.82) is 0 Å². The van der Waals surface area contributed by atoms with E-state index in [0.717, 1.165) is 0 Å². The summed E-state index contributed by atoms with van der Waals surface area (Å²) in [5.41, 5.74) is 0. The third kappa shape index (κ3) is 2.12. The van der Waals surface area contributed by atoms with Gasteiger partial charge in [-0.25, -0.2) is 0 Å². The highest BCUT2D eigenvalue weighted by Gasteiger charge is 2.42. The van der Waals surface area contributed by atoms with Gasteiger partial charge in [-0.05, 0) is 13.8 Å². The Hall–Kier alpha value is -0.780. The van der Waals surface area contributed by atoms with Crippen molar-refractivity contribution in [2.24, 2.45) is 0 Å². The van der Waals surface area contributed by atoms with E-state index in [1.807, 2.05) is 0 Å². The first kappa shape index (κ1) is 10.3. The molecule has 1 rings (SSSR count). The van der Waals surface area contributed by atoms with E-state index < -0.39 is 30.2 Å². The van der Waals surface area contributed by atoms with Crippen molar-refractivity contribution >= 4 is 0 Å². The number of alkyl halides is 3. The average Bonchev–Trinajstić information content (AvgIpc) is 2.26. The van der Waals surface area contributed by atoms with Gasteiger partial charge in [0.1, 0.15) is 6.10 Å². The van der Waals surface area contributed by atoms with E-state index in [1.54, 1.807) is 0 Å². The Balaban J connectivity index is 2.92. The lowest BCUT2D eigenvalue weighted by Crippen LogP contribution is -2.14. The van der Waals surface area contributed by atoms with Crippen LogP contribution in [0.5, 0.6) is 0 Å². The Bertz CT molecular complexity index is 233. The molecule has 1 fully saturated rings. The van der Waals surface area contributed by atoms with Gasteiger partial charge in [0, 0.05) is 0 Å². The van der Waals surface area contributed by atoms with Gasteiger partial charge in [-0.15, -0.1) is 0 Å². The molecule has 76 valence electrons. The van der Waals surface area contributed by atoms with Gasteiger partial charge in [0.25, 0.3) is 0 Å². The third-order valence-corrected chi connectivity index (χ3v) is 1.52. The lowest BCUT2D eigenvalue weighted by molar-refractivity contribution is -0.113. The van der Waals surface area contributed by atoms with Crippen molar-refractivity contribution < 1.29 is 27.0 Å². The Morgan fingerprint density at radius 1 is 1.31 bits per heavy atom. The van der Waals surface area contributed by atoms with Crippen LogP contribution in [0, 0.1) is 0 Å². The fraction of sp³-hybridized carbons (Fsp3) is 0.714. The van der Waals surface area contributed by atoms with E-state index in [4.69, 9.17) is 4.74 Å². The molecule has 2 unspecified atom stereocenters. The minimum Gasteiger partial charge on any atom is -0.464 e. The first-order valence-corrected chi connectivity index (χ1v) is 3.61. The van der Waals surface area contributed by atoms with Crippen LogP contribution in [0.15, 0.2) is 11.6 Å². The maximum Gasteiger partial charge on any atom is 0.446 e. The van der Waals surface area contributed by atoms with E-state index in [9.17, 15) is 17.6 Å². The highest BCUT2D eigenvalue weighted by atomic mass is 19.4. The Morgan fingerprint density at radius 3 is 2.15 bits per heavy atom. The van der Waals surface area contributed by atoms with Crippen LogP contribution >= 0.6 is 0 Å². The molecule has 0 aliphatic carbocycles. The molecule has 2 nitrogen and oxygen atoms in total. The summed E-state index contributed by atoms with van der Waals surface area (Å²) in [7, 11) is 0. The molecule has 0 N–H and O–H groups in total. The topological polar surface area (TPSA) is 18.5 Å². The second kappa shape index (κ2) is 3.17. The molecular weight excluding hydrogens is 192 g/mol. The second-order valence-corrected chi connectivity index (χ2v) is 2.64. The highest BCUT2D eigenvalue weighted by molar-refractivity contribution is 5.12. The summed E-state index contributed by atoms with van der Waals surface area (Å²) in [5.74, 6) is -3.00. The summed E-state index contributed by atoms with van der Waals surface area (Å²) in [5, 5.41) is 0. The number of halogens is 4. The highest BCUT2D eigenvalue weighted by Crippen LogP contribution is 2.35. The fourth-order valence-electron chi connectivity index (χ4n) is 1.02. The maximum absolute atomic E-state index is 12.6. The van der Waals surface area contributed by atoms with Gasteiger partial charge in [-0.2, -0.15) is 17.6 Å². The van der Waals surface area contributed by atoms with E-state index in [-0.39, 0.29) is 0 Å². The van der Waals surface area contributed by atoms with Crippen LogP contribution in [0.2, 0.25) is 0 Å². The normalized spacial score (nSPS) is 33.1. The van der Waals surface area contributed by atoms with E-state index >= 15 is 0 Å². The van der Waals surface area contributed by atoms with Gasteiger partial charge < -0.3 is 9.47 Å². The van der Waals surface area contributed by atoms with Crippen molar-refractivity contribution in [2.75, 3.05) is 0 Å². The predicted molar refractivity (Wildman–Crippen MR) is 35.3 cm³/mol. The molecule has 1 aliphatic rings. The molecule has 0 aromatic carbocycles. The lowest BCUT2D eigenvalue weighted by atomic mass is 10.3. The fourth-order valence-corrected chi connectivity index (χ4v) is 1.02. The maximum atomic E-state index is 12.6. The molecule has 1 aliphatic heterocycles. The van der Waals surface area contributed by atoms with Crippen LogP contribution in [0.1, 0.15) is 13.8 Å². The number of allylic oxidation sites excluding steroid dienone is 1. The standard InChI is InChI=1S/C7H8F4O2/c1-3-5(13-4(2)12-3)6(8)7(9,10)11/h3-4H,1-2H3. The summed E-state index contributed by atoms with van der Waals surface area (Å²) in [6, 6.07) is 0. The molecule has 1 heterocycles. The van der Waals surface area contributed by atoms with Crippen molar-refractivity contribution in [3.8, 4) is 0 Å². The average molecular weight is 200 g/mol. The minimum atomic E-state index is -5.00. The molecule has 2 atom stereocenters. The smallest absolute Gasteiger partial charge is 0.446 e. The molecule has 0 saturated carbocycles. The Morgan fingerprint density at radius 2 is 1.85 bits per heavy atom. The second-order valence-electron chi connectivity index (χ2n) is 2.64. The minimum absolute atomic E-state index is 0.778. The van der Waals surface area contributed by atoms with Crippen LogP contribution in [0.4, 0.5) is 17.6 Å². The summed E-state index contributed by atoms with van der Waals surface area (Å²) in [6.07, 6.45) is -6.83. The number of rotatable bonds is 0. The monoisotopic (exact) mass is 200 g/mol. The summed E-state index contributed by atoms with van der Waals surface area (Å²) in [6.45, 7) is 2.69. The van der Waals surface area contributed by atoms with E-state index in [1.165, 1.54) is 13.8 Å². The molecule has 0 amide bonds. The number of ether oxygens (including phenoxy) is 2. The number of hydrogen-bond donors (Lipinski definition) is 0. The molecule has 0 bridgehead atoms. The van der Waals surface area contributed by atoms with Crippen molar-refractivity contribution in [1.82, 2.24) is 0 Å². The molecule has 0 spiro atoms. The lowest BCUT2D eigenvalue weighted by Gasteiger charge is -2.07. The van der Waals surface area contributed by atoms with Crippen LogP contribution in [0.3, 0.4) is 0 Å². The zero-order chi connectivity index (χ0) is 10.2. The van der Waals surface area contributed by atoms with Crippen molar-refractivity contribution in [3.63, 3.8) is 0 Å². The van der Waals surface area contributed by atoms with Gasteiger partial charge in [0.05, 0.1) is 0 Å². The van der Waals surface area contributed by atoms with Crippen LogP contribution in [0.25, 0.3) is 0 Å². The SMILES string of the molecule is CC1OC(=C(F)C(F)(F)F)C(C)O1. The Labute approximate surface area is 72.1 Å². The van der Waals surface area contributed by atoms with Gasteiger partial charge in [-0.1, -0.05) is 0 Å². The van der Waals surface area contributed by atoms with Crippen molar-refractivity contribution in [2.45, 2.75) is 32.4 Å². The molecule has 0 radical (unpaired) electrons. The first-order valence-electron chi connectivity index (χ1n) is 3.61. The molecule has 1 saturated heterocycles. The molecular formula is C7H8F4O2. The summed E-state index contributed by atoms with van der Waals surface area (Å²) >= 11 is 0. The van der Waals surface area contributed by atoms with E-state index in [0.29, 0.717) is 0 Å². The van der Waals surface area contributed by atoms with Gasteiger partial charge in [0.2, 0.25) is 5.83 Å². The quantitative estimate of drug-likeness (QED) is 0.559. The predicted octanol–water partition coefficient (Wildman–Crippen LogP) is 2.51. The summed E-state index contributed by atoms with van der Waals surface area (Å²) in [4.78, 5) is 0. The van der Waals surface area contributed by atoms with Gasteiger partial charge >= 0.3 is 6.18 Å². The number of hydrogen-bond acceptors (Lipinski definition) is 2. The molecule has 6 heteroatoms. The van der Waals surface area contributed by atoms with Crippen LogP contribution < -0.4 is 0 Å². The molecule has 13 heavy (non-hydrogen) atoms. The molecule has 0 aromatic heterocycles. The largest absolute Gasteiger partial charge is 0.464 e. The first-order chi connectivity index (χ1) is 5.82. The van der Waals surface area contributed by atoms with E-state index in [2.05, 4.69) is 4.74 Å².